The molecule has 24 heavy (non-hydrogen) atoms. The first kappa shape index (κ1) is 16.4. The van der Waals surface area contributed by atoms with Gasteiger partial charge in [0.15, 0.2) is 0 Å². The largest absolute Gasteiger partial charge is 0.388 e. The number of hydrogen-bond acceptors (Lipinski definition) is 4. The van der Waals surface area contributed by atoms with Gasteiger partial charge in [0.25, 0.3) is 0 Å². The standard InChI is InChI=1S/C18H20FN3O2/c19-15-6-7-17(20-13-15)21-8-10-22(11-9-21)18(24)12-16(23)14-4-2-1-3-5-14/h1-7,13,16,23H,8-12H2. The number of rotatable bonds is 4. The van der Waals surface area contributed by atoms with E-state index in [0.29, 0.717) is 32.0 Å². The Labute approximate surface area is 140 Å². The minimum absolute atomic E-state index is 0.0573. The number of hydrogen-bond donors (Lipinski definition) is 1. The normalized spacial score (nSPS) is 16.1. The molecule has 1 amide bonds. The van der Waals surface area contributed by atoms with Gasteiger partial charge >= 0.3 is 0 Å². The van der Waals surface area contributed by atoms with E-state index < -0.39 is 6.10 Å². The molecule has 1 aromatic carbocycles. The summed E-state index contributed by atoms with van der Waals surface area (Å²) >= 11 is 0. The SMILES string of the molecule is O=C(CC(O)c1ccccc1)N1CCN(c2ccc(F)cn2)CC1. The van der Waals surface area contributed by atoms with Crippen LogP contribution >= 0.6 is 0 Å². The van der Waals surface area contributed by atoms with Gasteiger partial charge in [0.2, 0.25) is 5.91 Å². The summed E-state index contributed by atoms with van der Waals surface area (Å²) in [5, 5.41) is 10.2. The van der Waals surface area contributed by atoms with E-state index in [9.17, 15) is 14.3 Å². The van der Waals surface area contributed by atoms with Gasteiger partial charge in [-0.15, -0.1) is 0 Å². The van der Waals surface area contributed by atoms with Crippen LogP contribution in [-0.2, 0) is 4.79 Å². The number of aromatic nitrogens is 1. The smallest absolute Gasteiger partial charge is 0.225 e. The number of amides is 1. The van der Waals surface area contributed by atoms with E-state index in [-0.39, 0.29) is 18.1 Å². The van der Waals surface area contributed by atoms with E-state index in [4.69, 9.17) is 0 Å². The first-order chi connectivity index (χ1) is 11.6. The molecule has 0 bridgehead atoms. The molecule has 0 spiro atoms. The molecule has 1 saturated heterocycles. The van der Waals surface area contributed by atoms with Crippen LogP contribution in [0.2, 0.25) is 0 Å². The Morgan fingerprint density at radius 1 is 1.12 bits per heavy atom. The van der Waals surface area contributed by atoms with E-state index in [1.165, 1.54) is 12.3 Å². The molecule has 6 heteroatoms. The van der Waals surface area contributed by atoms with Gasteiger partial charge in [-0.25, -0.2) is 9.37 Å². The second kappa shape index (κ2) is 7.40. The van der Waals surface area contributed by atoms with E-state index in [2.05, 4.69) is 4.98 Å². The Kier molecular flexibility index (Phi) is 5.05. The molecule has 1 aromatic heterocycles. The molecular weight excluding hydrogens is 309 g/mol. The molecule has 2 aromatic rings. The van der Waals surface area contributed by atoms with Crippen LogP contribution in [0.25, 0.3) is 0 Å². The fourth-order valence-corrected chi connectivity index (χ4v) is 2.83. The van der Waals surface area contributed by atoms with Crippen molar-refractivity contribution in [3.8, 4) is 0 Å². The van der Waals surface area contributed by atoms with Crippen molar-refractivity contribution in [2.75, 3.05) is 31.1 Å². The number of pyridine rings is 1. The van der Waals surface area contributed by atoms with Crippen molar-refractivity contribution in [1.29, 1.82) is 0 Å². The summed E-state index contributed by atoms with van der Waals surface area (Å²) in [5.74, 6) is 0.299. The minimum atomic E-state index is -0.782. The van der Waals surface area contributed by atoms with Crippen LogP contribution < -0.4 is 4.90 Å². The second-order valence-electron chi connectivity index (χ2n) is 5.83. The number of aliphatic hydroxyl groups excluding tert-OH is 1. The summed E-state index contributed by atoms with van der Waals surface area (Å²) in [6.07, 6.45) is 0.498. The molecule has 126 valence electrons. The second-order valence-corrected chi connectivity index (χ2v) is 5.83. The van der Waals surface area contributed by atoms with Crippen LogP contribution in [0.15, 0.2) is 48.7 Å². The number of carbonyl (C=O) groups is 1. The third-order valence-corrected chi connectivity index (χ3v) is 4.22. The molecule has 1 atom stereocenters. The number of benzene rings is 1. The Hall–Kier alpha value is -2.47. The van der Waals surface area contributed by atoms with Gasteiger partial charge in [-0.1, -0.05) is 30.3 Å². The lowest BCUT2D eigenvalue weighted by Gasteiger charge is -2.35. The van der Waals surface area contributed by atoms with Crippen molar-refractivity contribution in [3.63, 3.8) is 0 Å². The van der Waals surface area contributed by atoms with Crippen molar-refractivity contribution in [1.82, 2.24) is 9.88 Å². The Bertz CT molecular complexity index is 670. The molecule has 1 aliphatic rings. The van der Waals surface area contributed by atoms with Gasteiger partial charge in [-0.05, 0) is 17.7 Å². The third-order valence-electron chi connectivity index (χ3n) is 4.22. The predicted octanol–water partition coefficient (Wildman–Crippen LogP) is 1.99. The minimum Gasteiger partial charge on any atom is -0.388 e. The van der Waals surface area contributed by atoms with Gasteiger partial charge in [-0.2, -0.15) is 0 Å². The summed E-state index contributed by atoms with van der Waals surface area (Å²) in [6, 6.07) is 12.2. The van der Waals surface area contributed by atoms with Crippen molar-refractivity contribution >= 4 is 11.7 Å². The van der Waals surface area contributed by atoms with Gasteiger partial charge in [-0.3, -0.25) is 4.79 Å². The number of anilines is 1. The van der Waals surface area contributed by atoms with Crippen molar-refractivity contribution in [2.24, 2.45) is 0 Å². The van der Waals surface area contributed by atoms with E-state index in [0.717, 1.165) is 5.56 Å². The van der Waals surface area contributed by atoms with Crippen LogP contribution in [0.3, 0.4) is 0 Å². The molecular formula is C18H20FN3O2. The van der Waals surface area contributed by atoms with E-state index in [1.54, 1.807) is 11.0 Å². The van der Waals surface area contributed by atoms with Crippen LogP contribution in [0.5, 0.6) is 0 Å². The summed E-state index contributed by atoms with van der Waals surface area (Å²) in [7, 11) is 0. The Balaban J connectivity index is 1.52. The summed E-state index contributed by atoms with van der Waals surface area (Å²) in [6.45, 7) is 2.43. The molecule has 1 unspecified atom stereocenters. The average molecular weight is 329 g/mol. The monoisotopic (exact) mass is 329 g/mol. The molecule has 5 nitrogen and oxygen atoms in total. The first-order valence-corrected chi connectivity index (χ1v) is 8.01. The topological polar surface area (TPSA) is 56.7 Å². The van der Waals surface area contributed by atoms with Crippen LogP contribution in [0.4, 0.5) is 10.2 Å². The lowest BCUT2D eigenvalue weighted by atomic mass is 10.1. The number of aliphatic hydroxyl groups is 1. The quantitative estimate of drug-likeness (QED) is 0.932. The zero-order valence-electron chi connectivity index (χ0n) is 13.3. The maximum Gasteiger partial charge on any atom is 0.225 e. The molecule has 0 radical (unpaired) electrons. The Morgan fingerprint density at radius 3 is 2.46 bits per heavy atom. The zero-order chi connectivity index (χ0) is 16.9. The summed E-state index contributed by atoms with van der Waals surface area (Å²) in [5.41, 5.74) is 0.750. The van der Waals surface area contributed by atoms with E-state index >= 15 is 0 Å². The number of piperazine rings is 1. The molecule has 0 aliphatic carbocycles. The lowest BCUT2D eigenvalue weighted by Crippen LogP contribution is -2.49. The lowest BCUT2D eigenvalue weighted by molar-refractivity contribution is -0.133. The maximum atomic E-state index is 12.9. The van der Waals surface area contributed by atoms with Crippen molar-refractivity contribution in [2.45, 2.75) is 12.5 Å². The predicted molar refractivity (Wildman–Crippen MR) is 89.0 cm³/mol. The Morgan fingerprint density at radius 2 is 1.83 bits per heavy atom. The molecule has 0 saturated carbocycles. The van der Waals surface area contributed by atoms with Gasteiger partial charge < -0.3 is 14.9 Å². The maximum absolute atomic E-state index is 12.9. The zero-order valence-corrected chi connectivity index (χ0v) is 13.3. The molecule has 1 fully saturated rings. The molecule has 3 rings (SSSR count). The molecule has 1 N–H and O–H groups in total. The van der Waals surface area contributed by atoms with E-state index in [1.807, 2.05) is 35.2 Å². The van der Waals surface area contributed by atoms with Crippen LogP contribution in [-0.4, -0.2) is 47.1 Å². The van der Waals surface area contributed by atoms with Gasteiger partial charge in [0.1, 0.15) is 11.6 Å². The number of nitrogens with zero attached hydrogens (tertiary/aromatic N) is 3. The van der Waals surface area contributed by atoms with Crippen molar-refractivity contribution in [3.05, 3.63) is 60.0 Å². The van der Waals surface area contributed by atoms with Gasteiger partial charge in [0, 0.05) is 26.2 Å². The van der Waals surface area contributed by atoms with Crippen molar-refractivity contribution < 1.29 is 14.3 Å². The highest BCUT2D eigenvalue weighted by Gasteiger charge is 2.24. The van der Waals surface area contributed by atoms with Crippen LogP contribution in [0.1, 0.15) is 18.1 Å². The van der Waals surface area contributed by atoms with Gasteiger partial charge in [0.05, 0.1) is 18.7 Å². The fraction of sp³-hybridized carbons (Fsp3) is 0.333. The summed E-state index contributed by atoms with van der Waals surface area (Å²) in [4.78, 5) is 20.2. The first-order valence-electron chi connectivity index (χ1n) is 8.01. The highest BCUT2D eigenvalue weighted by atomic mass is 19.1. The molecule has 2 heterocycles. The number of halogens is 1. The highest BCUT2D eigenvalue weighted by molar-refractivity contribution is 5.77. The van der Waals surface area contributed by atoms with Crippen LogP contribution in [0, 0.1) is 5.82 Å². The highest BCUT2D eigenvalue weighted by Crippen LogP contribution is 2.19. The number of carbonyl (C=O) groups excluding carboxylic acids is 1. The fourth-order valence-electron chi connectivity index (χ4n) is 2.83. The molecule has 1 aliphatic heterocycles. The third kappa shape index (κ3) is 3.89. The average Bonchev–Trinajstić information content (AvgIpc) is 2.63. The summed E-state index contributed by atoms with van der Waals surface area (Å²) < 4.78 is 12.9.